The van der Waals surface area contributed by atoms with Gasteiger partial charge in [0.25, 0.3) is 11.1 Å². The van der Waals surface area contributed by atoms with Gasteiger partial charge < -0.3 is 9.47 Å². The molecule has 0 N–H and O–H groups in total. The van der Waals surface area contributed by atoms with E-state index in [0.29, 0.717) is 22.5 Å². The molecule has 4 rings (SSSR count). The average molecular weight is 464 g/mol. The summed E-state index contributed by atoms with van der Waals surface area (Å²) in [4.78, 5) is 40.9. The highest BCUT2D eigenvalue weighted by Crippen LogP contribution is 2.15. The molecule has 8 nitrogen and oxygen atoms in total. The molecule has 0 aliphatic rings. The maximum absolute atomic E-state index is 12.9. The number of aromatic nitrogens is 3. The van der Waals surface area contributed by atoms with E-state index in [4.69, 9.17) is 9.47 Å². The lowest BCUT2D eigenvalue weighted by Gasteiger charge is -2.05. The average Bonchev–Trinajstić information content (AvgIpc) is 3.07. The van der Waals surface area contributed by atoms with E-state index < -0.39 is 11.5 Å². The third-order valence-corrected chi connectivity index (χ3v) is 5.59. The molecule has 4 aromatic rings. The fraction of sp³-hybridized carbons (Fsp3) is 0.208. The van der Waals surface area contributed by atoms with Crippen molar-refractivity contribution >= 4 is 28.3 Å². The SMILES string of the molecule is CCCOc1ccc(Cc2nn3c(=O)/c(=C\c4cccc(OC(C)=O)c4)sc3nc2=O)cc1. The van der Waals surface area contributed by atoms with E-state index in [0.717, 1.165) is 33.6 Å². The zero-order valence-electron chi connectivity index (χ0n) is 18.1. The summed E-state index contributed by atoms with van der Waals surface area (Å²) in [6.45, 7) is 3.99. The van der Waals surface area contributed by atoms with E-state index in [9.17, 15) is 14.4 Å². The maximum atomic E-state index is 12.9. The molecule has 0 aliphatic heterocycles. The molecule has 2 aromatic carbocycles. The minimum Gasteiger partial charge on any atom is -0.494 e. The summed E-state index contributed by atoms with van der Waals surface area (Å²) in [5, 5.41) is 4.28. The Morgan fingerprint density at radius 1 is 1.12 bits per heavy atom. The summed E-state index contributed by atoms with van der Waals surface area (Å²) in [6, 6.07) is 14.2. The van der Waals surface area contributed by atoms with Crippen molar-refractivity contribution < 1.29 is 14.3 Å². The van der Waals surface area contributed by atoms with Crippen LogP contribution in [0.2, 0.25) is 0 Å². The van der Waals surface area contributed by atoms with Gasteiger partial charge in [-0.2, -0.15) is 14.6 Å². The number of benzene rings is 2. The van der Waals surface area contributed by atoms with Crippen molar-refractivity contribution in [1.82, 2.24) is 14.6 Å². The second kappa shape index (κ2) is 9.74. The first-order valence-electron chi connectivity index (χ1n) is 10.4. The molecule has 168 valence electrons. The van der Waals surface area contributed by atoms with Crippen LogP contribution in [-0.2, 0) is 11.2 Å². The first-order valence-corrected chi connectivity index (χ1v) is 11.2. The zero-order valence-corrected chi connectivity index (χ0v) is 18.9. The van der Waals surface area contributed by atoms with Crippen LogP contribution < -0.4 is 25.1 Å². The number of hydrogen-bond acceptors (Lipinski definition) is 8. The molecule has 0 saturated heterocycles. The van der Waals surface area contributed by atoms with Crippen LogP contribution in [0.1, 0.15) is 37.1 Å². The second-order valence-corrected chi connectivity index (χ2v) is 8.32. The van der Waals surface area contributed by atoms with Gasteiger partial charge in [0.1, 0.15) is 17.2 Å². The molecule has 2 heterocycles. The van der Waals surface area contributed by atoms with Gasteiger partial charge in [-0.05, 0) is 47.9 Å². The summed E-state index contributed by atoms with van der Waals surface area (Å²) < 4.78 is 12.2. The molecule has 33 heavy (non-hydrogen) atoms. The number of rotatable bonds is 7. The van der Waals surface area contributed by atoms with E-state index in [1.165, 1.54) is 6.92 Å². The first-order chi connectivity index (χ1) is 15.9. The van der Waals surface area contributed by atoms with E-state index >= 15 is 0 Å². The van der Waals surface area contributed by atoms with Crippen LogP contribution in [-0.4, -0.2) is 27.2 Å². The Bertz CT molecular complexity index is 1470. The summed E-state index contributed by atoms with van der Waals surface area (Å²) in [5.41, 5.74) is 0.886. The number of nitrogens with zero attached hydrogens (tertiary/aromatic N) is 3. The molecule has 0 saturated carbocycles. The van der Waals surface area contributed by atoms with Crippen LogP contribution >= 0.6 is 11.3 Å². The molecule has 9 heteroatoms. The Balaban J connectivity index is 1.65. The third-order valence-electron chi connectivity index (χ3n) is 4.64. The molecule has 0 aliphatic carbocycles. The predicted octanol–water partition coefficient (Wildman–Crippen LogP) is 2.36. The molecule has 0 fully saturated rings. The Kier molecular flexibility index (Phi) is 6.60. The van der Waals surface area contributed by atoms with E-state index in [2.05, 4.69) is 10.1 Å². The fourth-order valence-corrected chi connectivity index (χ4v) is 4.06. The summed E-state index contributed by atoms with van der Waals surface area (Å²) >= 11 is 1.07. The van der Waals surface area contributed by atoms with Gasteiger partial charge in [-0.15, -0.1) is 0 Å². The van der Waals surface area contributed by atoms with Crippen molar-refractivity contribution in [3.05, 3.63) is 90.6 Å². The molecule has 0 atom stereocenters. The number of carbonyl (C=O) groups excluding carboxylic acids is 1. The van der Waals surface area contributed by atoms with Crippen molar-refractivity contribution in [3.8, 4) is 11.5 Å². The van der Waals surface area contributed by atoms with Crippen LogP contribution in [0.25, 0.3) is 11.0 Å². The molecular weight excluding hydrogens is 442 g/mol. The van der Waals surface area contributed by atoms with Gasteiger partial charge in [0.05, 0.1) is 11.1 Å². The maximum Gasteiger partial charge on any atom is 0.308 e. The van der Waals surface area contributed by atoms with Gasteiger partial charge in [-0.25, -0.2) is 0 Å². The molecule has 0 bridgehead atoms. The highest BCUT2D eigenvalue weighted by Gasteiger charge is 2.12. The first kappa shape index (κ1) is 22.3. The summed E-state index contributed by atoms with van der Waals surface area (Å²) in [6.07, 6.45) is 2.82. The number of hydrogen-bond donors (Lipinski definition) is 0. The van der Waals surface area contributed by atoms with Gasteiger partial charge in [-0.1, -0.05) is 42.5 Å². The monoisotopic (exact) mass is 463 g/mol. The Morgan fingerprint density at radius 2 is 1.91 bits per heavy atom. The number of carbonyl (C=O) groups is 1. The van der Waals surface area contributed by atoms with Crippen molar-refractivity contribution in [2.75, 3.05) is 6.61 Å². The smallest absolute Gasteiger partial charge is 0.308 e. The van der Waals surface area contributed by atoms with Crippen molar-refractivity contribution in [1.29, 1.82) is 0 Å². The molecule has 0 amide bonds. The Hall–Kier alpha value is -3.85. The van der Waals surface area contributed by atoms with Gasteiger partial charge in [0.15, 0.2) is 0 Å². The van der Waals surface area contributed by atoms with Gasteiger partial charge in [-0.3, -0.25) is 14.4 Å². The quantitative estimate of drug-likeness (QED) is 0.306. The lowest BCUT2D eigenvalue weighted by molar-refractivity contribution is -0.131. The van der Waals surface area contributed by atoms with E-state index in [1.807, 2.05) is 31.2 Å². The lowest BCUT2D eigenvalue weighted by atomic mass is 10.1. The van der Waals surface area contributed by atoms with Crippen molar-refractivity contribution in [2.24, 2.45) is 0 Å². The van der Waals surface area contributed by atoms with Crippen molar-refractivity contribution in [2.45, 2.75) is 26.7 Å². The Labute approximate surface area is 192 Å². The minimum absolute atomic E-state index is 0.188. The second-order valence-electron chi connectivity index (χ2n) is 7.31. The molecular formula is C24H21N3O5S. The van der Waals surface area contributed by atoms with Crippen molar-refractivity contribution in [3.63, 3.8) is 0 Å². The molecule has 0 unspecified atom stereocenters. The van der Waals surface area contributed by atoms with Gasteiger partial charge in [0.2, 0.25) is 4.96 Å². The van der Waals surface area contributed by atoms with Crippen LogP contribution in [0.3, 0.4) is 0 Å². The molecule has 0 radical (unpaired) electrons. The highest BCUT2D eigenvalue weighted by molar-refractivity contribution is 7.15. The predicted molar refractivity (Wildman–Crippen MR) is 125 cm³/mol. The zero-order chi connectivity index (χ0) is 23.4. The van der Waals surface area contributed by atoms with Gasteiger partial charge in [0, 0.05) is 13.3 Å². The molecule has 0 spiro atoms. The number of ether oxygens (including phenoxy) is 2. The normalized spacial score (nSPS) is 11.6. The van der Waals surface area contributed by atoms with Crippen LogP contribution in [0, 0.1) is 0 Å². The Morgan fingerprint density at radius 3 is 2.64 bits per heavy atom. The van der Waals surface area contributed by atoms with Crippen LogP contribution in [0.4, 0.5) is 0 Å². The summed E-state index contributed by atoms with van der Waals surface area (Å²) in [7, 11) is 0. The number of thiazole rings is 1. The minimum atomic E-state index is -0.467. The third kappa shape index (κ3) is 5.32. The van der Waals surface area contributed by atoms with E-state index in [-0.39, 0.29) is 22.6 Å². The largest absolute Gasteiger partial charge is 0.494 e. The number of fused-ring (bicyclic) bond motifs is 1. The summed E-state index contributed by atoms with van der Waals surface area (Å²) in [5.74, 6) is 0.710. The van der Waals surface area contributed by atoms with Crippen LogP contribution in [0.15, 0.2) is 58.1 Å². The highest BCUT2D eigenvalue weighted by atomic mass is 32.1. The fourth-order valence-electron chi connectivity index (χ4n) is 3.15. The standard InChI is InChI=1S/C24H21N3O5S/c1-3-11-31-18-9-7-16(8-10-18)13-20-22(29)25-24-27(26-20)23(30)21(33-24)14-17-5-4-6-19(12-17)32-15(2)28/h4-10,12,14H,3,11,13H2,1-2H3/b21-14+. The lowest BCUT2D eigenvalue weighted by Crippen LogP contribution is -2.28. The van der Waals surface area contributed by atoms with Crippen LogP contribution in [0.5, 0.6) is 11.5 Å². The van der Waals surface area contributed by atoms with Gasteiger partial charge >= 0.3 is 5.97 Å². The topological polar surface area (TPSA) is 99.9 Å². The number of esters is 1. The molecule has 2 aromatic heterocycles. The van der Waals surface area contributed by atoms with E-state index in [1.54, 1.807) is 30.3 Å².